The molecule has 0 atom stereocenters. The van der Waals surface area contributed by atoms with Crippen molar-refractivity contribution in [2.24, 2.45) is 0 Å². The second kappa shape index (κ2) is 11.0. The van der Waals surface area contributed by atoms with Gasteiger partial charge < -0.3 is 10.2 Å². The van der Waals surface area contributed by atoms with E-state index in [9.17, 15) is 9.18 Å². The van der Waals surface area contributed by atoms with E-state index >= 15 is 0 Å². The molecular weight excluding hydrogens is 472 g/mol. The average Bonchev–Trinajstić information content (AvgIpc) is 2.86. The Bertz CT molecular complexity index is 1120. The van der Waals surface area contributed by atoms with Crippen LogP contribution in [0.5, 0.6) is 0 Å². The molecule has 0 spiro atoms. The number of piperazine rings is 1. The molecular formula is C27H26Cl2FN3O. The summed E-state index contributed by atoms with van der Waals surface area (Å²) in [6, 6.07) is 25.2. The van der Waals surface area contributed by atoms with E-state index in [1.165, 1.54) is 17.2 Å². The van der Waals surface area contributed by atoms with E-state index in [0.29, 0.717) is 37.3 Å². The van der Waals surface area contributed by atoms with Crippen LogP contribution < -0.4 is 5.32 Å². The van der Waals surface area contributed by atoms with Gasteiger partial charge in [0.25, 0.3) is 0 Å². The first kappa shape index (κ1) is 24.3. The second-order valence-electron chi connectivity index (χ2n) is 8.28. The number of benzene rings is 3. The minimum Gasteiger partial charge on any atom is -0.322 e. The number of hydrogen-bond donors (Lipinski definition) is 1. The summed E-state index contributed by atoms with van der Waals surface area (Å²) in [5.74, 6) is -0.389. The number of nitrogens with one attached hydrogen (secondary N) is 1. The van der Waals surface area contributed by atoms with Crippen LogP contribution in [0.2, 0.25) is 0 Å². The molecule has 34 heavy (non-hydrogen) atoms. The van der Waals surface area contributed by atoms with Crippen LogP contribution >= 0.6 is 23.2 Å². The third-order valence-corrected chi connectivity index (χ3v) is 6.46. The van der Waals surface area contributed by atoms with E-state index in [1.807, 2.05) is 36.4 Å². The third-order valence-electron chi connectivity index (χ3n) is 6.08. The number of aryl methyl sites for hydroxylation is 1. The van der Waals surface area contributed by atoms with Crippen molar-refractivity contribution in [3.05, 3.63) is 111 Å². The van der Waals surface area contributed by atoms with Crippen molar-refractivity contribution in [3.8, 4) is 0 Å². The van der Waals surface area contributed by atoms with E-state index < -0.39 is 0 Å². The first-order valence-corrected chi connectivity index (χ1v) is 11.9. The molecule has 4 rings (SSSR count). The van der Waals surface area contributed by atoms with Crippen LogP contribution in [0.25, 0.3) is 5.70 Å². The summed E-state index contributed by atoms with van der Waals surface area (Å²) in [6.45, 7) is 4.15. The fourth-order valence-electron chi connectivity index (χ4n) is 4.23. The van der Waals surface area contributed by atoms with Crippen LogP contribution in [0.1, 0.15) is 28.3 Å². The summed E-state index contributed by atoms with van der Waals surface area (Å²) < 4.78 is 13.9. The van der Waals surface area contributed by atoms with E-state index in [2.05, 4.69) is 34.5 Å². The van der Waals surface area contributed by atoms with Crippen LogP contribution in [-0.4, -0.2) is 42.0 Å². The lowest BCUT2D eigenvalue weighted by Crippen LogP contribution is -2.52. The van der Waals surface area contributed by atoms with Crippen LogP contribution in [0, 0.1) is 12.7 Å². The Labute approximate surface area is 209 Å². The molecule has 0 bridgehead atoms. The van der Waals surface area contributed by atoms with Crippen molar-refractivity contribution in [2.75, 3.05) is 26.2 Å². The highest BCUT2D eigenvalue weighted by Crippen LogP contribution is 2.30. The van der Waals surface area contributed by atoms with Crippen molar-refractivity contribution < 1.29 is 9.18 Å². The Hall–Kier alpha value is -2.86. The molecule has 176 valence electrons. The molecule has 0 aromatic heterocycles. The van der Waals surface area contributed by atoms with Crippen LogP contribution in [0.4, 0.5) is 9.18 Å². The second-order valence-corrected chi connectivity index (χ2v) is 9.23. The van der Waals surface area contributed by atoms with Crippen molar-refractivity contribution in [1.82, 2.24) is 15.1 Å². The summed E-state index contributed by atoms with van der Waals surface area (Å²) in [5, 5.41) is 2.77. The summed E-state index contributed by atoms with van der Waals surface area (Å²) in [4.78, 5) is 17.1. The van der Waals surface area contributed by atoms with E-state index in [1.54, 1.807) is 24.0 Å². The number of hydrogen-bond acceptors (Lipinski definition) is 2. The lowest BCUT2D eigenvalue weighted by Gasteiger charge is -2.39. The fraction of sp³-hybridized carbons (Fsp3) is 0.222. The van der Waals surface area contributed by atoms with Crippen molar-refractivity contribution in [2.45, 2.75) is 13.0 Å². The summed E-state index contributed by atoms with van der Waals surface area (Å²) in [7, 11) is 0. The van der Waals surface area contributed by atoms with Gasteiger partial charge in [0.15, 0.2) is 0 Å². The highest BCUT2D eigenvalue weighted by atomic mass is 35.5. The summed E-state index contributed by atoms with van der Waals surface area (Å²) >= 11 is 12.1. The Balaban J connectivity index is 1.46. The molecule has 1 heterocycles. The van der Waals surface area contributed by atoms with Crippen LogP contribution in [0.3, 0.4) is 0 Å². The van der Waals surface area contributed by atoms with Crippen molar-refractivity contribution >= 4 is 34.9 Å². The fourth-order valence-corrected chi connectivity index (χ4v) is 4.54. The number of halogens is 3. The van der Waals surface area contributed by atoms with Gasteiger partial charge in [-0.3, -0.25) is 4.90 Å². The molecule has 0 unspecified atom stereocenters. The molecule has 1 N–H and O–H groups in total. The van der Waals surface area contributed by atoms with Gasteiger partial charge in [-0.15, -0.1) is 0 Å². The van der Waals surface area contributed by atoms with Gasteiger partial charge in [-0.05, 0) is 29.7 Å². The third kappa shape index (κ3) is 5.61. The Kier molecular flexibility index (Phi) is 7.88. The van der Waals surface area contributed by atoms with Gasteiger partial charge in [0.1, 0.15) is 10.3 Å². The first-order valence-electron chi connectivity index (χ1n) is 11.2. The molecule has 7 heteroatoms. The zero-order valence-electron chi connectivity index (χ0n) is 18.8. The Morgan fingerprint density at radius 3 is 1.94 bits per heavy atom. The lowest BCUT2D eigenvalue weighted by atomic mass is 9.96. The molecule has 1 saturated heterocycles. The topological polar surface area (TPSA) is 35.6 Å². The van der Waals surface area contributed by atoms with Crippen LogP contribution in [-0.2, 0) is 0 Å². The molecule has 4 nitrogen and oxygen atoms in total. The number of nitrogens with zero attached hydrogens (tertiary/aromatic N) is 2. The maximum absolute atomic E-state index is 14.1. The molecule has 0 radical (unpaired) electrons. The standard InChI is InChI=1S/C27H26Cl2FN3O/c1-19-12-13-22(18-23(19)30)24(26(28)29)31-27(34)33-16-14-32(15-17-33)25(20-8-4-2-5-9-20)21-10-6-3-7-11-21/h2-13,18,25H,14-17H2,1H3,(H,31,34). The number of rotatable bonds is 5. The number of amides is 2. The lowest BCUT2D eigenvalue weighted by molar-refractivity contribution is 0.122. The van der Waals surface area contributed by atoms with Gasteiger partial charge in [-0.2, -0.15) is 0 Å². The predicted molar refractivity (Wildman–Crippen MR) is 136 cm³/mol. The Morgan fingerprint density at radius 2 is 1.44 bits per heavy atom. The first-order chi connectivity index (χ1) is 16.4. The quantitative estimate of drug-likeness (QED) is 0.445. The van der Waals surface area contributed by atoms with Crippen LogP contribution in [0.15, 0.2) is 83.4 Å². The normalized spacial score (nSPS) is 14.2. The summed E-state index contributed by atoms with van der Waals surface area (Å²) in [6.07, 6.45) is 0. The molecule has 0 saturated carbocycles. The predicted octanol–water partition coefficient (Wildman–Crippen LogP) is 6.35. The highest BCUT2D eigenvalue weighted by molar-refractivity contribution is 6.58. The molecule has 2 amide bonds. The molecule has 1 aliphatic heterocycles. The van der Waals surface area contributed by atoms with E-state index in [4.69, 9.17) is 23.2 Å². The molecule has 1 fully saturated rings. The van der Waals surface area contributed by atoms with Gasteiger partial charge in [-0.25, -0.2) is 9.18 Å². The maximum Gasteiger partial charge on any atom is 0.322 e. The number of urea groups is 1. The van der Waals surface area contributed by atoms with Gasteiger partial charge in [0.05, 0.1) is 11.7 Å². The summed E-state index contributed by atoms with van der Waals surface area (Å²) in [5.41, 5.74) is 3.55. The van der Waals surface area contributed by atoms with Gasteiger partial charge in [-0.1, -0.05) is 96.0 Å². The van der Waals surface area contributed by atoms with Crippen molar-refractivity contribution in [3.63, 3.8) is 0 Å². The molecule has 3 aromatic carbocycles. The largest absolute Gasteiger partial charge is 0.322 e. The van der Waals surface area contributed by atoms with E-state index in [-0.39, 0.29) is 28.1 Å². The minimum absolute atomic E-state index is 0.107. The Morgan fingerprint density at radius 1 is 0.882 bits per heavy atom. The maximum atomic E-state index is 14.1. The van der Waals surface area contributed by atoms with Gasteiger partial charge in [0.2, 0.25) is 0 Å². The van der Waals surface area contributed by atoms with Gasteiger partial charge in [0, 0.05) is 31.7 Å². The monoisotopic (exact) mass is 497 g/mol. The highest BCUT2D eigenvalue weighted by Gasteiger charge is 2.28. The minimum atomic E-state index is -0.389. The van der Waals surface area contributed by atoms with Crippen molar-refractivity contribution in [1.29, 1.82) is 0 Å². The number of carbonyl (C=O) groups is 1. The molecule has 1 aliphatic rings. The molecule has 3 aromatic rings. The zero-order valence-corrected chi connectivity index (χ0v) is 20.4. The zero-order chi connectivity index (χ0) is 24.1. The number of carbonyl (C=O) groups excluding carboxylic acids is 1. The van der Waals surface area contributed by atoms with Gasteiger partial charge >= 0.3 is 6.03 Å². The molecule has 0 aliphatic carbocycles. The van der Waals surface area contributed by atoms with E-state index in [0.717, 1.165) is 0 Å². The smallest absolute Gasteiger partial charge is 0.322 e. The SMILES string of the molecule is Cc1ccc(C(NC(=O)N2CCN(C(c3ccccc3)c3ccccc3)CC2)=C(Cl)Cl)cc1F. The average molecular weight is 498 g/mol.